The SMILES string of the molecule is COc1cc(C(=O)NNC(=O)c2sc3nc(C(C)(C)C)nc(C)c3c2C)ccc1OC(C)C. The summed E-state index contributed by atoms with van der Waals surface area (Å²) in [5, 5.41) is 0.870. The second kappa shape index (κ2) is 9.35. The van der Waals surface area contributed by atoms with Gasteiger partial charge >= 0.3 is 0 Å². The van der Waals surface area contributed by atoms with E-state index in [1.165, 1.54) is 18.4 Å². The zero-order chi connectivity index (χ0) is 24.5. The number of carbonyl (C=O) groups is 2. The standard InChI is InChI=1S/C24H30N4O4S/c1-12(2)32-16-10-9-15(11-17(16)31-8)20(29)27-28-21(30)19-13(3)18-14(4)25-23(24(5,6)7)26-22(18)33-19/h9-12H,1-8H3,(H,27,29)(H,28,30). The Morgan fingerprint density at radius 2 is 1.70 bits per heavy atom. The molecule has 176 valence electrons. The lowest BCUT2D eigenvalue weighted by Gasteiger charge is -2.16. The zero-order valence-corrected chi connectivity index (χ0v) is 21.1. The van der Waals surface area contributed by atoms with Gasteiger partial charge in [0.1, 0.15) is 10.7 Å². The number of methoxy groups -OCH3 is 1. The topological polar surface area (TPSA) is 102 Å². The molecular weight excluding hydrogens is 440 g/mol. The van der Waals surface area contributed by atoms with Crippen molar-refractivity contribution >= 4 is 33.4 Å². The van der Waals surface area contributed by atoms with Crippen LogP contribution in [0.4, 0.5) is 0 Å². The smallest absolute Gasteiger partial charge is 0.280 e. The number of hydrogen-bond donors (Lipinski definition) is 2. The van der Waals surface area contributed by atoms with Gasteiger partial charge in [-0.05, 0) is 51.5 Å². The van der Waals surface area contributed by atoms with Crippen molar-refractivity contribution in [2.75, 3.05) is 7.11 Å². The Morgan fingerprint density at radius 3 is 2.30 bits per heavy atom. The number of carbonyl (C=O) groups excluding carboxylic acids is 2. The third-order valence-corrected chi connectivity index (χ3v) is 6.11. The van der Waals surface area contributed by atoms with Gasteiger partial charge in [0.25, 0.3) is 11.8 Å². The summed E-state index contributed by atoms with van der Waals surface area (Å²) in [6.07, 6.45) is -0.0322. The summed E-state index contributed by atoms with van der Waals surface area (Å²) in [4.78, 5) is 36.0. The second-order valence-corrected chi connectivity index (χ2v) is 10.1. The van der Waals surface area contributed by atoms with Crippen molar-refractivity contribution in [3.8, 4) is 11.5 Å². The molecule has 0 saturated carbocycles. The molecule has 0 radical (unpaired) electrons. The first-order chi connectivity index (χ1) is 15.4. The minimum Gasteiger partial charge on any atom is -0.493 e. The van der Waals surface area contributed by atoms with Crippen LogP contribution in [0.1, 0.15) is 71.7 Å². The van der Waals surface area contributed by atoms with Crippen LogP contribution in [0.15, 0.2) is 18.2 Å². The average molecular weight is 471 g/mol. The number of fused-ring (bicyclic) bond motifs is 1. The molecule has 0 aliphatic carbocycles. The molecule has 1 aromatic carbocycles. The van der Waals surface area contributed by atoms with E-state index in [0.717, 1.165) is 27.3 Å². The molecule has 0 aliphatic heterocycles. The molecule has 0 fully saturated rings. The summed E-state index contributed by atoms with van der Waals surface area (Å²) in [7, 11) is 1.51. The summed E-state index contributed by atoms with van der Waals surface area (Å²) in [6, 6.07) is 4.84. The normalized spacial score (nSPS) is 11.5. The molecular formula is C24H30N4O4S. The number of rotatable bonds is 5. The van der Waals surface area contributed by atoms with E-state index in [0.29, 0.717) is 21.9 Å². The molecule has 3 aromatic rings. The van der Waals surface area contributed by atoms with E-state index < -0.39 is 11.8 Å². The number of amides is 2. The number of thiophene rings is 1. The maximum atomic E-state index is 12.9. The molecule has 3 rings (SSSR count). The van der Waals surface area contributed by atoms with Gasteiger partial charge in [0, 0.05) is 16.4 Å². The Morgan fingerprint density at radius 1 is 1.03 bits per heavy atom. The van der Waals surface area contributed by atoms with Crippen molar-refractivity contribution < 1.29 is 19.1 Å². The summed E-state index contributed by atoms with van der Waals surface area (Å²) in [5.41, 5.74) is 6.71. The minimum atomic E-state index is -0.470. The molecule has 0 spiro atoms. The fraction of sp³-hybridized carbons (Fsp3) is 0.417. The number of hydrogen-bond acceptors (Lipinski definition) is 7. The predicted octanol–water partition coefficient (Wildman–Crippen LogP) is 4.48. The molecule has 9 heteroatoms. The summed E-state index contributed by atoms with van der Waals surface area (Å²) in [5.74, 6) is 0.828. The van der Waals surface area contributed by atoms with Gasteiger partial charge in [-0.1, -0.05) is 20.8 Å². The van der Waals surface area contributed by atoms with E-state index in [-0.39, 0.29) is 11.5 Å². The first kappa shape index (κ1) is 24.4. The number of nitrogens with zero attached hydrogens (tertiary/aromatic N) is 2. The first-order valence-electron chi connectivity index (χ1n) is 10.7. The third-order valence-electron chi connectivity index (χ3n) is 4.93. The molecule has 2 heterocycles. The lowest BCUT2D eigenvalue weighted by Crippen LogP contribution is -2.41. The Labute approximate surface area is 197 Å². The molecule has 2 aromatic heterocycles. The molecule has 0 bridgehead atoms. The van der Waals surface area contributed by atoms with Gasteiger partial charge in [-0.3, -0.25) is 20.4 Å². The molecule has 0 unspecified atom stereocenters. The highest BCUT2D eigenvalue weighted by atomic mass is 32.1. The quantitative estimate of drug-likeness (QED) is 0.533. The maximum Gasteiger partial charge on any atom is 0.280 e. The van der Waals surface area contributed by atoms with Crippen LogP contribution in [0.3, 0.4) is 0 Å². The van der Waals surface area contributed by atoms with Gasteiger partial charge < -0.3 is 9.47 Å². The predicted molar refractivity (Wildman–Crippen MR) is 129 cm³/mol. The highest BCUT2D eigenvalue weighted by Gasteiger charge is 2.23. The van der Waals surface area contributed by atoms with Gasteiger partial charge in [-0.25, -0.2) is 9.97 Å². The van der Waals surface area contributed by atoms with E-state index in [4.69, 9.17) is 9.47 Å². The van der Waals surface area contributed by atoms with Crippen molar-refractivity contribution in [2.24, 2.45) is 0 Å². The Balaban J connectivity index is 1.79. The number of aryl methyl sites for hydroxylation is 2. The number of benzene rings is 1. The number of aromatic nitrogens is 2. The van der Waals surface area contributed by atoms with Crippen molar-refractivity contribution in [2.45, 2.75) is 60.0 Å². The van der Waals surface area contributed by atoms with Crippen LogP contribution in [-0.4, -0.2) is 35.0 Å². The van der Waals surface area contributed by atoms with Crippen molar-refractivity contribution in [1.29, 1.82) is 0 Å². The van der Waals surface area contributed by atoms with E-state index in [1.54, 1.807) is 18.2 Å². The number of hydrazine groups is 1. The first-order valence-corrected chi connectivity index (χ1v) is 11.5. The second-order valence-electron chi connectivity index (χ2n) is 9.06. The zero-order valence-electron chi connectivity index (χ0n) is 20.2. The van der Waals surface area contributed by atoms with Crippen molar-refractivity contribution in [3.63, 3.8) is 0 Å². The van der Waals surface area contributed by atoms with E-state index in [1.807, 2.05) is 48.5 Å². The maximum absolute atomic E-state index is 12.9. The molecule has 8 nitrogen and oxygen atoms in total. The lowest BCUT2D eigenvalue weighted by molar-refractivity contribution is 0.0848. The van der Waals surface area contributed by atoms with Crippen molar-refractivity contribution in [1.82, 2.24) is 20.8 Å². The monoisotopic (exact) mass is 470 g/mol. The average Bonchev–Trinajstić information content (AvgIpc) is 3.08. The fourth-order valence-electron chi connectivity index (χ4n) is 3.29. The van der Waals surface area contributed by atoms with Crippen molar-refractivity contribution in [3.05, 3.63) is 45.7 Å². The van der Waals surface area contributed by atoms with Crippen LogP contribution in [0, 0.1) is 13.8 Å². The van der Waals surface area contributed by atoms with Gasteiger partial charge in [0.05, 0.1) is 23.8 Å². The third kappa shape index (κ3) is 5.24. The van der Waals surface area contributed by atoms with Gasteiger partial charge in [0.15, 0.2) is 11.5 Å². The summed E-state index contributed by atoms with van der Waals surface area (Å²) < 4.78 is 11.0. The van der Waals surface area contributed by atoms with Crippen LogP contribution in [0.5, 0.6) is 11.5 Å². The number of nitrogens with one attached hydrogen (secondary N) is 2. The van der Waals surface area contributed by atoms with E-state index in [2.05, 4.69) is 20.8 Å². The highest BCUT2D eigenvalue weighted by molar-refractivity contribution is 7.20. The van der Waals surface area contributed by atoms with Crippen LogP contribution in [0.2, 0.25) is 0 Å². The van der Waals surface area contributed by atoms with Crippen LogP contribution < -0.4 is 20.3 Å². The minimum absolute atomic E-state index is 0.0322. The van der Waals surface area contributed by atoms with E-state index >= 15 is 0 Å². The summed E-state index contributed by atoms with van der Waals surface area (Å²) in [6.45, 7) is 13.7. The fourth-order valence-corrected chi connectivity index (χ4v) is 4.42. The van der Waals surface area contributed by atoms with Crippen LogP contribution in [0.25, 0.3) is 10.2 Å². The van der Waals surface area contributed by atoms with Gasteiger partial charge in [-0.15, -0.1) is 11.3 Å². The Hall–Kier alpha value is -3.20. The molecule has 0 atom stereocenters. The van der Waals surface area contributed by atoms with Crippen LogP contribution >= 0.6 is 11.3 Å². The Kier molecular flexibility index (Phi) is 6.92. The molecule has 2 amide bonds. The summed E-state index contributed by atoms with van der Waals surface area (Å²) >= 11 is 1.29. The van der Waals surface area contributed by atoms with Gasteiger partial charge in [-0.2, -0.15) is 0 Å². The molecule has 2 N–H and O–H groups in total. The lowest BCUT2D eigenvalue weighted by atomic mass is 9.95. The van der Waals surface area contributed by atoms with Gasteiger partial charge in [0.2, 0.25) is 0 Å². The molecule has 33 heavy (non-hydrogen) atoms. The number of ether oxygens (including phenoxy) is 2. The van der Waals surface area contributed by atoms with E-state index in [9.17, 15) is 9.59 Å². The molecule has 0 aliphatic rings. The largest absolute Gasteiger partial charge is 0.493 e. The Bertz CT molecular complexity index is 1210. The van der Waals surface area contributed by atoms with Crippen LogP contribution in [-0.2, 0) is 5.41 Å². The highest BCUT2D eigenvalue weighted by Crippen LogP contribution is 2.33. The molecule has 0 saturated heterocycles.